The van der Waals surface area contributed by atoms with Gasteiger partial charge in [0.15, 0.2) is 0 Å². The van der Waals surface area contributed by atoms with Gasteiger partial charge in [-0.2, -0.15) is 0 Å². The smallest absolute Gasteiger partial charge is 0.410 e. The predicted molar refractivity (Wildman–Crippen MR) is 91.3 cm³/mol. The van der Waals surface area contributed by atoms with Gasteiger partial charge in [-0.1, -0.05) is 36.4 Å². The Morgan fingerprint density at radius 2 is 2.00 bits per heavy atom. The quantitative estimate of drug-likeness (QED) is 0.754. The van der Waals surface area contributed by atoms with Gasteiger partial charge in [0.1, 0.15) is 13.2 Å². The van der Waals surface area contributed by atoms with Crippen LogP contribution in [0, 0.1) is 0 Å². The molecule has 0 unspecified atom stereocenters. The molecule has 2 amide bonds. The lowest BCUT2D eigenvalue weighted by Gasteiger charge is -2.28. The van der Waals surface area contributed by atoms with E-state index in [2.05, 4.69) is 6.58 Å². The summed E-state index contributed by atoms with van der Waals surface area (Å²) >= 11 is 0. The van der Waals surface area contributed by atoms with E-state index in [1.54, 1.807) is 6.08 Å². The first-order valence-electron chi connectivity index (χ1n) is 8.52. The van der Waals surface area contributed by atoms with Crippen LogP contribution in [0.3, 0.4) is 0 Å². The third kappa shape index (κ3) is 3.61. The van der Waals surface area contributed by atoms with Crippen molar-refractivity contribution in [3.8, 4) is 0 Å². The molecular formula is C19H24N2O3. The molecule has 1 heterocycles. The minimum absolute atomic E-state index is 0.0171. The van der Waals surface area contributed by atoms with Crippen LogP contribution < -0.4 is 0 Å². The van der Waals surface area contributed by atoms with Crippen molar-refractivity contribution in [1.82, 2.24) is 9.80 Å². The second-order valence-corrected chi connectivity index (χ2v) is 6.58. The summed E-state index contributed by atoms with van der Waals surface area (Å²) in [5, 5.41) is 0. The molecule has 1 aliphatic heterocycles. The molecule has 0 bridgehead atoms. The van der Waals surface area contributed by atoms with Gasteiger partial charge >= 0.3 is 6.09 Å². The number of hydrogen-bond acceptors (Lipinski definition) is 3. The molecule has 1 spiro atoms. The van der Waals surface area contributed by atoms with E-state index >= 15 is 0 Å². The van der Waals surface area contributed by atoms with Crippen molar-refractivity contribution in [1.29, 1.82) is 0 Å². The molecule has 1 saturated heterocycles. The summed E-state index contributed by atoms with van der Waals surface area (Å²) in [4.78, 5) is 28.3. The molecule has 24 heavy (non-hydrogen) atoms. The molecule has 1 aromatic rings. The average molecular weight is 328 g/mol. The van der Waals surface area contributed by atoms with E-state index in [0.29, 0.717) is 6.54 Å². The van der Waals surface area contributed by atoms with Crippen molar-refractivity contribution < 1.29 is 14.3 Å². The fourth-order valence-corrected chi connectivity index (χ4v) is 3.41. The lowest BCUT2D eigenvalue weighted by Crippen LogP contribution is -2.45. The van der Waals surface area contributed by atoms with Gasteiger partial charge in [0.25, 0.3) is 0 Å². The number of carbonyl (C=O) groups is 2. The van der Waals surface area contributed by atoms with Crippen LogP contribution in [-0.4, -0.2) is 47.0 Å². The molecule has 2 aliphatic rings. The van der Waals surface area contributed by atoms with Crippen LogP contribution in [0.2, 0.25) is 0 Å². The number of carbonyl (C=O) groups excluding carboxylic acids is 2. The van der Waals surface area contributed by atoms with Gasteiger partial charge in [0, 0.05) is 18.6 Å². The Bertz CT molecular complexity index is 610. The fourth-order valence-electron chi connectivity index (χ4n) is 3.41. The van der Waals surface area contributed by atoms with E-state index in [1.807, 2.05) is 35.2 Å². The van der Waals surface area contributed by atoms with Gasteiger partial charge in [-0.15, -0.1) is 6.58 Å². The van der Waals surface area contributed by atoms with Crippen LogP contribution in [0.4, 0.5) is 4.79 Å². The van der Waals surface area contributed by atoms with Crippen LogP contribution in [0.5, 0.6) is 0 Å². The first-order chi connectivity index (χ1) is 11.6. The highest BCUT2D eigenvalue weighted by molar-refractivity contribution is 5.83. The monoisotopic (exact) mass is 328 g/mol. The number of hydrogen-bond donors (Lipinski definition) is 0. The number of likely N-dealkylation sites (tertiary alicyclic amines) is 1. The second-order valence-electron chi connectivity index (χ2n) is 6.58. The van der Waals surface area contributed by atoms with Crippen molar-refractivity contribution in [2.45, 2.75) is 37.8 Å². The van der Waals surface area contributed by atoms with Crippen molar-refractivity contribution in [3.63, 3.8) is 0 Å². The lowest BCUT2D eigenvalue weighted by molar-refractivity contribution is -0.133. The average Bonchev–Trinajstić information content (AvgIpc) is 3.24. The Balaban J connectivity index is 1.56. The van der Waals surface area contributed by atoms with Crippen LogP contribution in [0.15, 0.2) is 43.0 Å². The molecule has 2 fully saturated rings. The Kier molecular flexibility index (Phi) is 4.88. The highest BCUT2D eigenvalue weighted by Gasteiger charge is 2.52. The molecule has 1 aliphatic carbocycles. The van der Waals surface area contributed by atoms with Gasteiger partial charge in [-0.05, 0) is 31.2 Å². The van der Waals surface area contributed by atoms with Crippen molar-refractivity contribution in [2.24, 2.45) is 0 Å². The van der Waals surface area contributed by atoms with Crippen molar-refractivity contribution in [2.75, 3.05) is 19.6 Å². The van der Waals surface area contributed by atoms with E-state index in [-0.39, 0.29) is 24.6 Å². The van der Waals surface area contributed by atoms with E-state index in [0.717, 1.165) is 37.8 Å². The SMILES string of the molecule is C=CCN(CC(=O)N1CCCC12CC2)C(=O)OCc1ccccc1. The maximum Gasteiger partial charge on any atom is 0.410 e. The largest absolute Gasteiger partial charge is 0.445 e. The summed E-state index contributed by atoms with van der Waals surface area (Å²) in [7, 11) is 0. The summed E-state index contributed by atoms with van der Waals surface area (Å²) in [6.07, 6.45) is 5.49. The summed E-state index contributed by atoms with van der Waals surface area (Å²) in [5.41, 5.74) is 1.03. The molecule has 0 atom stereocenters. The van der Waals surface area contributed by atoms with E-state index in [4.69, 9.17) is 4.74 Å². The number of benzene rings is 1. The maximum absolute atomic E-state index is 12.6. The molecular weight excluding hydrogens is 304 g/mol. The minimum Gasteiger partial charge on any atom is -0.445 e. The molecule has 0 N–H and O–H groups in total. The van der Waals surface area contributed by atoms with Crippen LogP contribution in [-0.2, 0) is 16.1 Å². The molecule has 0 radical (unpaired) electrons. The van der Waals surface area contributed by atoms with E-state index in [1.165, 1.54) is 4.90 Å². The normalized spacial score (nSPS) is 17.6. The van der Waals surface area contributed by atoms with Gasteiger partial charge in [-0.25, -0.2) is 4.79 Å². The predicted octanol–water partition coefficient (Wildman–Crippen LogP) is 2.97. The van der Waals surface area contributed by atoms with Crippen LogP contribution >= 0.6 is 0 Å². The minimum atomic E-state index is -0.476. The standard InChI is InChI=1S/C19H24N2O3/c1-2-12-20(18(23)24-15-16-7-4-3-5-8-16)14-17(22)21-13-6-9-19(21)10-11-19/h2-5,7-8H,1,6,9-15H2. The second kappa shape index (κ2) is 7.07. The Labute approximate surface area is 142 Å². The molecule has 1 saturated carbocycles. The third-order valence-corrected chi connectivity index (χ3v) is 4.86. The molecule has 3 rings (SSSR count). The number of amides is 2. The van der Waals surface area contributed by atoms with Gasteiger partial charge in [0.2, 0.25) is 5.91 Å². The van der Waals surface area contributed by atoms with Gasteiger partial charge < -0.3 is 9.64 Å². The Morgan fingerprint density at radius 3 is 2.67 bits per heavy atom. The topological polar surface area (TPSA) is 49.9 Å². The number of nitrogens with zero attached hydrogens (tertiary/aromatic N) is 2. The van der Waals surface area contributed by atoms with Crippen molar-refractivity contribution in [3.05, 3.63) is 48.6 Å². The number of ether oxygens (including phenoxy) is 1. The molecule has 5 heteroatoms. The van der Waals surface area contributed by atoms with Gasteiger partial charge in [0.05, 0.1) is 0 Å². The molecule has 5 nitrogen and oxygen atoms in total. The van der Waals surface area contributed by atoms with Gasteiger partial charge in [-0.3, -0.25) is 9.69 Å². The van der Waals surface area contributed by atoms with Crippen LogP contribution in [0.25, 0.3) is 0 Å². The zero-order valence-electron chi connectivity index (χ0n) is 13.9. The molecule has 1 aromatic carbocycles. The fraction of sp³-hybridized carbons (Fsp3) is 0.474. The highest BCUT2D eigenvalue weighted by atomic mass is 16.6. The highest BCUT2D eigenvalue weighted by Crippen LogP contribution is 2.49. The zero-order chi connectivity index (χ0) is 17.0. The first-order valence-corrected chi connectivity index (χ1v) is 8.52. The molecule has 0 aromatic heterocycles. The lowest BCUT2D eigenvalue weighted by atomic mass is 10.2. The summed E-state index contributed by atoms with van der Waals surface area (Å²) in [6.45, 7) is 5.04. The zero-order valence-corrected chi connectivity index (χ0v) is 13.9. The van der Waals surface area contributed by atoms with E-state index in [9.17, 15) is 9.59 Å². The van der Waals surface area contributed by atoms with E-state index < -0.39 is 6.09 Å². The summed E-state index contributed by atoms with van der Waals surface area (Å²) < 4.78 is 5.34. The first kappa shape index (κ1) is 16.6. The summed E-state index contributed by atoms with van der Waals surface area (Å²) in [6, 6.07) is 9.51. The van der Waals surface area contributed by atoms with Crippen LogP contribution in [0.1, 0.15) is 31.2 Å². The Hall–Kier alpha value is -2.30. The third-order valence-electron chi connectivity index (χ3n) is 4.86. The summed E-state index contributed by atoms with van der Waals surface area (Å²) in [5.74, 6) is 0.0171. The Morgan fingerprint density at radius 1 is 1.25 bits per heavy atom. The molecule has 128 valence electrons. The maximum atomic E-state index is 12.6. The van der Waals surface area contributed by atoms with Crippen molar-refractivity contribution >= 4 is 12.0 Å². The number of rotatable bonds is 6.